The van der Waals surface area contributed by atoms with E-state index in [2.05, 4.69) is 4.98 Å². The van der Waals surface area contributed by atoms with Gasteiger partial charge in [-0.05, 0) is 30.5 Å². The number of hydrogen-bond donors (Lipinski definition) is 3. The third kappa shape index (κ3) is 2.85. The van der Waals surface area contributed by atoms with Gasteiger partial charge in [0.2, 0.25) is 5.88 Å². The van der Waals surface area contributed by atoms with Crippen LogP contribution < -0.4 is 9.03 Å². The van der Waals surface area contributed by atoms with Crippen molar-refractivity contribution in [3.63, 3.8) is 0 Å². The van der Waals surface area contributed by atoms with Crippen molar-refractivity contribution in [3.05, 3.63) is 52.4 Å². The van der Waals surface area contributed by atoms with E-state index in [1.165, 1.54) is 12.1 Å². The number of aliphatic hydroxyl groups excluding tert-OH is 1. The van der Waals surface area contributed by atoms with Crippen LogP contribution in [0.3, 0.4) is 0 Å². The molecule has 0 saturated heterocycles. The van der Waals surface area contributed by atoms with Crippen LogP contribution in [0.4, 0.5) is 5.69 Å². The van der Waals surface area contributed by atoms with Crippen molar-refractivity contribution in [1.82, 2.24) is 9.71 Å². The average Bonchev–Trinajstić information content (AvgIpc) is 3.04. The van der Waals surface area contributed by atoms with E-state index >= 15 is 0 Å². The third-order valence-electron chi connectivity index (χ3n) is 3.15. The molecule has 1 aliphatic rings. The molecule has 0 spiro atoms. The van der Waals surface area contributed by atoms with Crippen LogP contribution in [0.5, 0.6) is 5.75 Å². The fraction of sp³-hybridized carbons (Fsp3) is 0.154. The lowest BCUT2D eigenvalue weighted by atomic mass is 10.1. The number of aromatic nitrogens is 1. The zero-order chi connectivity index (χ0) is 15.7. The van der Waals surface area contributed by atoms with E-state index in [4.69, 9.17) is 0 Å². The van der Waals surface area contributed by atoms with Crippen molar-refractivity contribution >= 4 is 27.2 Å². The molecule has 3 rings (SSSR count). The van der Waals surface area contributed by atoms with Gasteiger partial charge in [-0.1, -0.05) is 6.07 Å². The number of nitrogens with zero attached hydrogens (tertiary/aromatic N) is 2. The molecule has 2 heterocycles. The van der Waals surface area contributed by atoms with Crippen molar-refractivity contribution in [2.75, 3.05) is 4.31 Å². The van der Waals surface area contributed by atoms with Gasteiger partial charge in [0.05, 0.1) is 11.7 Å². The molecule has 3 N–H and O–H groups in total. The number of nitrogens with one attached hydrogen (secondary N) is 1. The summed E-state index contributed by atoms with van der Waals surface area (Å²) < 4.78 is 26.3. The van der Waals surface area contributed by atoms with Gasteiger partial charge in [0.1, 0.15) is 11.4 Å². The van der Waals surface area contributed by atoms with Gasteiger partial charge >= 0.3 is 10.2 Å². The first-order valence-electron chi connectivity index (χ1n) is 6.38. The largest absolute Gasteiger partial charge is 0.506 e. The predicted molar refractivity (Wildman–Crippen MR) is 82.9 cm³/mol. The minimum Gasteiger partial charge on any atom is -0.506 e. The van der Waals surface area contributed by atoms with Crippen LogP contribution in [0.1, 0.15) is 10.4 Å². The second-order valence-electron chi connectivity index (χ2n) is 4.71. The fourth-order valence-corrected chi connectivity index (χ4v) is 3.80. The molecule has 2 aromatic rings. The first-order chi connectivity index (χ1) is 10.5. The second kappa shape index (κ2) is 5.50. The predicted octanol–water partition coefficient (Wildman–Crippen LogP) is 1.65. The van der Waals surface area contributed by atoms with E-state index in [1.54, 1.807) is 29.1 Å². The van der Waals surface area contributed by atoms with Crippen molar-refractivity contribution in [1.29, 1.82) is 0 Å². The number of phenolic OH excluding ortho intramolecular Hbond substituents is 1. The molecule has 1 aromatic heterocycles. The van der Waals surface area contributed by atoms with Crippen LogP contribution in [0.15, 0.2) is 42.0 Å². The maximum absolute atomic E-state index is 11.8. The molecular formula is C13H13N3O4S2. The van der Waals surface area contributed by atoms with E-state index in [-0.39, 0.29) is 11.4 Å². The van der Waals surface area contributed by atoms with Crippen LogP contribution >= 0.6 is 11.3 Å². The summed E-state index contributed by atoms with van der Waals surface area (Å²) in [4.78, 5) is 5.14. The molecule has 0 aliphatic carbocycles. The maximum Gasteiger partial charge on any atom is 0.330 e. The van der Waals surface area contributed by atoms with E-state index < -0.39 is 16.1 Å². The van der Waals surface area contributed by atoms with Crippen molar-refractivity contribution < 1.29 is 18.6 Å². The summed E-state index contributed by atoms with van der Waals surface area (Å²) in [6, 6.07) is 4.77. The number of rotatable bonds is 4. The van der Waals surface area contributed by atoms with Crippen molar-refractivity contribution in [3.8, 4) is 5.75 Å². The average molecular weight is 339 g/mol. The van der Waals surface area contributed by atoms with Crippen LogP contribution in [0, 0.1) is 0 Å². The van der Waals surface area contributed by atoms with E-state index in [1.807, 2.05) is 4.72 Å². The molecular weight excluding hydrogens is 326 g/mol. The van der Waals surface area contributed by atoms with Crippen LogP contribution in [-0.2, 0) is 23.1 Å². The Labute approximate surface area is 131 Å². The number of aliphatic hydroxyl groups is 1. The molecule has 0 amide bonds. The Morgan fingerprint density at radius 2 is 2.09 bits per heavy atom. The first kappa shape index (κ1) is 14.7. The minimum absolute atomic E-state index is 0.0816. The maximum atomic E-state index is 11.8. The Morgan fingerprint density at radius 1 is 1.27 bits per heavy atom. The van der Waals surface area contributed by atoms with Gasteiger partial charge in [-0.15, -0.1) is 11.3 Å². The summed E-state index contributed by atoms with van der Waals surface area (Å²) in [5, 5.41) is 19.3. The number of thiazole rings is 1. The summed E-state index contributed by atoms with van der Waals surface area (Å²) in [5.74, 6) is -0.660. The normalized spacial score (nSPS) is 16.4. The number of aromatic hydroxyl groups is 1. The van der Waals surface area contributed by atoms with Crippen molar-refractivity contribution in [2.24, 2.45) is 0 Å². The first-order valence-corrected chi connectivity index (χ1v) is 8.70. The quantitative estimate of drug-likeness (QED) is 0.786. The summed E-state index contributed by atoms with van der Waals surface area (Å²) in [5.41, 5.74) is 2.73. The van der Waals surface area contributed by atoms with Gasteiger partial charge in [-0.3, -0.25) is 4.98 Å². The van der Waals surface area contributed by atoms with Crippen molar-refractivity contribution in [2.45, 2.75) is 12.8 Å². The molecule has 0 bridgehead atoms. The highest BCUT2D eigenvalue weighted by Crippen LogP contribution is 2.32. The molecule has 22 heavy (non-hydrogen) atoms. The summed E-state index contributed by atoms with van der Waals surface area (Å²) >= 11 is 1.56. The van der Waals surface area contributed by atoms with Gasteiger partial charge in [-0.25, -0.2) is 9.03 Å². The minimum atomic E-state index is -3.90. The van der Waals surface area contributed by atoms with Gasteiger partial charge in [0, 0.05) is 11.1 Å². The third-order valence-corrected chi connectivity index (χ3v) is 5.28. The second-order valence-corrected chi connectivity index (χ2v) is 7.23. The zero-order valence-corrected chi connectivity index (χ0v) is 12.9. The molecule has 1 aliphatic heterocycles. The van der Waals surface area contributed by atoms with Gasteiger partial charge < -0.3 is 10.2 Å². The van der Waals surface area contributed by atoms with Gasteiger partial charge in [0.25, 0.3) is 0 Å². The SMILES string of the molecule is O=S1(=O)NC(O)=CN1c1ccc(CCc2cncs2)cc1O. The Bertz CT molecular complexity index is 816. The molecule has 7 nitrogen and oxygen atoms in total. The lowest BCUT2D eigenvalue weighted by Gasteiger charge is -2.16. The molecule has 9 heteroatoms. The molecule has 0 saturated carbocycles. The fourth-order valence-electron chi connectivity index (χ4n) is 2.13. The van der Waals surface area contributed by atoms with Crippen LogP contribution in [-0.4, -0.2) is 23.6 Å². The number of hydrogen-bond acceptors (Lipinski definition) is 6. The van der Waals surface area contributed by atoms with E-state index in [0.717, 1.165) is 27.4 Å². The summed E-state index contributed by atoms with van der Waals surface area (Å²) in [6.07, 6.45) is 4.31. The van der Waals surface area contributed by atoms with E-state index in [9.17, 15) is 18.6 Å². The number of aryl methyl sites for hydroxylation is 2. The molecule has 116 valence electrons. The Kier molecular flexibility index (Phi) is 3.67. The zero-order valence-electron chi connectivity index (χ0n) is 11.3. The lowest BCUT2D eigenvalue weighted by Crippen LogP contribution is -2.29. The van der Waals surface area contributed by atoms with Gasteiger partial charge in [-0.2, -0.15) is 8.42 Å². The highest BCUT2D eigenvalue weighted by atomic mass is 32.2. The van der Waals surface area contributed by atoms with Gasteiger partial charge in [0.15, 0.2) is 0 Å². The molecule has 1 aromatic carbocycles. The Balaban J connectivity index is 1.81. The monoisotopic (exact) mass is 339 g/mol. The molecule has 0 atom stereocenters. The summed E-state index contributed by atoms with van der Waals surface area (Å²) in [7, 11) is -3.90. The molecule has 0 fully saturated rings. The summed E-state index contributed by atoms with van der Waals surface area (Å²) in [6.45, 7) is 0. The standard InChI is InChI=1S/C13H13N3O4S2/c17-12-5-9(1-3-10-6-14-8-21-10)2-4-11(12)16-7-13(18)15-22(16,19)20/h2,4-8,15,17-18H,1,3H2. The molecule has 0 radical (unpaired) electrons. The highest BCUT2D eigenvalue weighted by Gasteiger charge is 2.30. The highest BCUT2D eigenvalue weighted by molar-refractivity contribution is 7.91. The number of phenols is 1. The Hall–Kier alpha value is -2.26. The number of benzene rings is 1. The lowest BCUT2D eigenvalue weighted by molar-refractivity contribution is 0.392. The number of anilines is 1. The Morgan fingerprint density at radius 3 is 2.68 bits per heavy atom. The van der Waals surface area contributed by atoms with Crippen LogP contribution in [0.25, 0.3) is 0 Å². The molecule has 0 unspecified atom stereocenters. The van der Waals surface area contributed by atoms with E-state index in [0.29, 0.717) is 6.42 Å². The van der Waals surface area contributed by atoms with Crippen LogP contribution in [0.2, 0.25) is 0 Å². The smallest absolute Gasteiger partial charge is 0.330 e. The topological polar surface area (TPSA) is 103 Å².